The van der Waals surface area contributed by atoms with E-state index in [0.29, 0.717) is 11.6 Å². The lowest BCUT2D eigenvalue weighted by Crippen LogP contribution is -2.42. The Hall–Kier alpha value is -2.32. The zero-order valence-electron chi connectivity index (χ0n) is 13.4. The van der Waals surface area contributed by atoms with Crippen LogP contribution in [0, 0.1) is 0 Å². The standard InChI is InChI=1S/C15H17Cl2N3O5/c1-2-5-18-15(24)20-12(21)8-25-13(22)7-19-14(23)9-3-4-10(16)11(17)6-9/h3-4,6H,2,5,7-8H2,1H3,(H,19,23)(H2,18,20,21,24). The number of ether oxygens (including phenoxy) is 1. The van der Waals surface area contributed by atoms with Crippen molar-refractivity contribution in [2.75, 3.05) is 19.7 Å². The molecule has 0 spiro atoms. The fourth-order valence-electron chi connectivity index (χ4n) is 1.53. The molecule has 0 fully saturated rings. The fraction of sp³-hybridized carbons (Fsp3) is 0.333. The van der Waals surface area contributed by atoms with Crippen LogP contribution in [0.3, 0.4) is 0 Å². The highest BCUT2D eigenvalue weighted by molar-refractivity contribution is 6.42. The van der Waals surface area contributed by atoms with Gasteiger partial charge in [-0.25, -0.2) is 4.79 Å². The summed E-state index contributed by atoms with van der Waals surface area (Å²) in [7, 11) is 0. The van der Waals surface area contributed by atoms with E-state index in [2.05, 4.69) is 15.4 Å². The number of amides is 4. The quantitative estimate of drug-likeness (QED) is 0.611. The molecule has 1 aromatic rings. The predicted octanol–water partition coefficient (Wildman–Crippen LogP) is 1.50. The first kappa shape index (κ1) is 20.7. The lowest BCUT2D eigenvalue weighted by molar-refractivity contribution is -0.147. The average molecular weight is 390 g/mol. The minimum Gasteiger partial charge on any atom is -0.454 e. The Kier molecular flexibility index (Phi) is 8.73. The van der Waals surface area contributed by atoms with E-state index in [1.54, 1.807) is 0 Å². The van der Waals surface area contributed by atoms with Gasteiger partial charge in [-0.1, -0.05) is 30.1 Å². The van der Waals surface area contributed by atoms with Crippen molar-refractivity contribution in [3.8, 4) is 0 Å². The minimum atomic E-state index is -0.836. The second-order valence-corrected chi connectivity index (χ2v) is 5.59. The second-order valence-electron chi connectivity index (χ2n) is 4.78. The second kappa shape index (κ2) is 10.5. The van der Waals surface area contributed by atoms with Gasteiger partial charge in [0.25, 0.3) is 11.8 Å². The third-order valence-electron chi connectivity index (χ3n) is 2.73. The van der Waals surface area contributed by atoms with E-state index >= 15 is 0 Å². The summed E-state index contributed by atoms with van der Waals surface area (Å²) in [6, 6.07) is 3.57. The number of imide groups is 1. The lowest BCUT2D eigenvalue weighted by Gasteiger charge is -2.08. The Labute approximate surface area is 154 Å². The Morgan fingerprint density at radius 2 is 1.80 bits per heavy atom. The van der Waals surface area contributed by atoms with Crippen molar-refractivity contribution in [1.82, 2.24) is 16.0 Å². The Morgan fingerprint density at radius 3 is 2.44 bits per heavy atom. The van der Waals surface area contributed by atoms with Crippen LogP contribution < -0.4 is 16.0 Å². The van der Waals surface area contributed by atoms with Crippen LogP contribution in [0.15, 0.2) is 18.2 Å². The molecule has 0 aliphatic carbocycles. The van der Waals surface area contributed by atoms with Crippen molar-refractivity contribution in [1.29, 1.82) is 0 Å². The largest absolute Gasteiger partial charge is 0.454 e. The van der Waals surface area contributed by atoms with Gasteiger partial charge in [0.05, 0.1) is 10.0 Å². The number of urea groups is 1. The molecule has 0 aliphatic heterocycles. The number of halogens is 2. The van der Waals surface area contributed by atoms with Gasteiger partial charge in [0.1, 0.15) is 6.54 Å². The molecule has 0 aromatic heterocycles. The van der Waals surface area contributed by atoms with Crippen molar-refractivity contribution < 1.29 is 23.9 Å². The highest BCUT2D eigenvalue weighted by Gasteiger charge is 2.13. The van der Waals surface area contributed by atoms with E-state index in [9.17, 15) is 19.2 Å². The van der Waals surface area contributed by atoms with E-state index in [1.807, 2.05) is 12.2 Å². The van der Waals surface area contributed by atoms with E-state index in [1.165, 1.54) is 18.2 Å². The molecule has 8 nitrogen and oxygen atoms in total. The number of benzene rings is 1. The first-order valence-corrected chi connectivity index (χ1v) is 8.05. The first-order chi connectivity index (χ1) is 11.8. The molecule has 1 aromatic carbocycles. The average Bonchev–Trinajstić information content (AvgIpc) is 2.58. The van der Waals surface area contributed by atoms with Gasteiger partial charge in [-0.3, -0.25) is 19.7 Å². The molecule has 0 radical (unpaired) electrons. The van der Waals surface area contributed by atoms with Crippen molar-refractivity contribution >= 4 is 47.0 Å². The van der Waals surface area contributed by atoms with Crippen molar-refractivity contribution in [2.24, 2.45) is 0 Å². The van der Waals surface area contributed by atoms with Crippen LogP contribution in [0.25, 0.3) is 0 Å². The third-order valence-corrected chi connectivity index (χ3v) is 3.47. The maximum Gasteiger partial charge on any atom is 0.325 e. The molecule has 0 atom stereocenters. The van der Waals surface area contributed by atoms with Gasteiger partial charge in [0, 0.05) is 12.1 Å². The van der Waals surface area contributed by atoms with Crippen molar-refractivity contribution in [2.45, 2.75) is 13.3 Å². The first-order valence-electron chi connectivity index (χ1n) is 7.30. The number of nitrogens with one attached hydrogen (secondary N) is 3. The van der Waals surface area contributed by atoms with E-state index < -0.39 is 37.0 Å². The number of esters is 1. The Bertz CT molecular complexity index is 667. The smallest absolute Gasteiger partial charge is 0.325 e. The highest BCUT2D eigenvalue weighted by Crippen LogP contribution is 2.22. The number of hydrogen-bond donors (Lipinski definition) is 3. The van der Waals surface area contributed by atoms with Gasteiger partial charge >= 0.3 is 12.0 Å². The van der Waals surface area contributed by atoms with E-state index in [-0.39, 0.29) is 10.6 Å². The molecule has 10 heteroatoms. The molecule has 0 saturated carbocycles. The summed E-state index contributed by atoms with van der Waals surface area (Å²) in [4.78, 5) is 45.9. The SMILES string of the molecule is CCCNC(=O)NC(=O)COC(=O)CNC(=O)c1ccc(Cl)c(Cl)c1. The molecule has 3 N–H and O–H groups in total. The zero-order valence-corrected chi connectivity index (χ0v) is 14.9. The summed E-state index contributed by atoms with van der Waals surface area (Å²) >= 11 is 11.5. The topological polar surface area (TPSA) is 114 Å². The monoisotopic (exact) mass is 389 g/mol. The molecule has 25 heavy (non-hydrogen) atoms. The van der Waals surface area contributed by atoms with Crippen molar-refractivity contribution in [3.63, 3.8) is 0 Å². The van der Waals surface area contributed by atoms with Gasteiger partial charge < -0.3 is 15.4 Å². The van der Waals surface area contributed by atoms with Crippen LogP contribution in [0.1, 0.15) is 23.7 Å². The van der Waals surface area contributed by atoms with Crippen LogP contribution in [-0.2, 0) is 14.3 Å². The molecular weight excluding hydrogens is 373 g/mol. The summed E-state index contributed by atoms with van der Waals surface area (Å²) in [5, 5.41) is 7.23. The lowest BCUT2D eigenvalue weighted by atomic mass is 10.2. The van der Waals surface area contributed by atoms with Gasteiger partial charge in [0.2, 0.25) is 0 Å². The molecule has 0 saturated heterocycles. The molecule has 0 unspecified atom stereocenters. The number of carbonyl (C=O) groups is 4. The summed E-state index contributed by atoms with van der Waals surface area (Å²) in [5.41, 5.74) is 0.215. The molecular formula is C15H17Cl2N3O5. The van der Waals surface area contributed by atoms with Gasteiger partial charge in [-0.05, 0) is 24.6 Å². The predicted molar refractivity (Wildman–Crippen MR) is 91.6 cm³/mol. The van der Waals surface area contributed by atoms with Gasteiger partial charge in [-0.2, -0.15) is 0 Å². The number of carbonyl (C=O) groups excluding carboxylic acids is 4. The summed E-state index contributed by atoms with van der Waals surface area (Å²) in [5.74, 6) is -2.17. The maximum absolute atomic E-state index is 11.8. The maximum atomic E-state index is 11.8. The zero-order chi connectivity index (χ0) is 18.8. The molecule has 0 bridgehead atoms. The number of rotatable bonds is 7. The third kappa shape index (κ3) is 7.86. The highest BCUT2D eigenvalue weighted by atomic mass is 35.5. The molecule has 0 heterocycles. The van der Waals surface area contributed by atoms with Crippen LogP contribution in [0.2, 0.25) is 10.0 Å². The van der Waals surface area contributed by atoms with Gasteiger partial charge in [-0.15, -0.1) is 0 Å². The summed E-state index contributed by atoms with van der Waals surface area (Å²) in [6.45, 7) is 1.19. The van der Waals surface area contributed by atoms with Crippen LogP contribution >= 0.6 is 23.2 Å². The van der Waals surface area contributed by atoms with Crippen molar-refractivity contribution in [3.05, 3.63) is 33.8 Å². The van der Waals surface area contributed by atoms with E-state index in [0.717, 1.165) is 6.42 Å². The Morgan fingerprint density at radius 1 is 1.08 bits per heavy atom. The van der Waals surface area contributed by atoms with Crippen LogP contribution in [0.5, 0.6) is 0 Å². The fourth-order valence-corrected chi connectivity index (χ4v) is 1.83. The summed E-state index contributed by atoms with van der Waals surface area (Å²) in [6.07, 6.45) is 0.717. The van der Waals surface area contributed by atoms with Crippen LogP contribution in [-0.4, -0.2) is 43.5 Å². The Balaban J connectivity index is 2.32. The molecule has 1 rings (SSSR count). The van der Waals surface area contributed by atoms with E-state index in [4.69, 9.17) is 23.2 Å². The minimum absolute atomic E-state index is 0.204. The normalized spacial score (nSPS) is 9.88. The molecule has 0 aliphatic rings. The van der Waals surface area contributed by atoms with Crippen LogP contribution in [0.4, 0.5) is 4.79 Å². The number of hydrogen-bond acceptors (Lipinski definition) is 5. The molecule has 4 amide bonds. The van der Waals surface area contributed by atoms with Gasteiger partial charge in [0.15, 0.2) is 6.61 Å². The summed E-state index contributed by atoms with van der Waals surface area (Å²) < 4.78 is 4.65. The molecule has 136 valence electrons.